The van der Waals surface area contributed by atoms with Crippen molar-refractivity contribution in [2.75, 3.05) is 12.8 Å². The van der Waals surface area contributed by atoms with Crippen molar-refractivity contribution in [2.45, 2.75) is 38.6 Å². The molecule has 0 aromatic carbocycles. The van der Waals surface area contributed by atoms with Gasteiger partial charge in [0, 0.05) is 13.1 Å². The Kier molecular flexibility index (Phi) is 2.61. The van der Waals surface area contributed by atoms with Gasteiger partial charge < -0.3 is 10.6 Å². The standard InChI is InChI=1S/C11H18N4O/c1-6(2)9-8(12)10(14-13-9)11(16)15(3)7-4-5-7/h6-7H,4-5,12H2,1-3H3,(H,13,14). The van der Waals surface area contributed by atoms with Crippen LogP contribution in [0.15, 0.2) is 0 Å². The van der Waals surface area contributed by atoms with Crippen molar-refractivity contribution in [3.63, 3.8) is 0 Å². The van der Waals surface area contributed by atoms with Crippen molar-refractivity contribution in [3.8, 4) is 0 Å². The fourth-order valence-electron chi connectivity index (χ4n) is 1.76. The van der Waals surface area contributed by atoms with E-state index in [0.29, 0.717) is 17.4 Å². The fourth-order valence-corrected chi connectivity index (χ4v) is 1.76. The number of H-pyrrole nitrogens is 1. The van der Waals surface area contributed by atoms with Crippen LogP contribution in [0.2, 0.25) is 0 Å². The zero-order chi connectivity index (χ0) is 11.9. The molecular formula is C11H18N4O. The van der Waals surface area contributed by atoms with E-state index in [-0.39, 0.29) is 11.8 Å². The van der Waals surface area contributed by atoms with E-state index in [2.05, 4.69) is 10.2 Å². The van der Waals surface area contributed by atoms with Gasteiger partial charge in [0.2, 0.25) is 0 Å². The normalized spacial score (nSPS) is 15.5. The minimum Gasteiger partial charge on any atom is -0.395 e. The number of aromatic amines is 1. The van der Waals surface area contributed by atoms with E-state index in [0.717, 1.165) is 18.5 Å². The van der Waals surface area contributed by atoms with E-state index in [1.807, 2.05) is 20.9 Å². The van der Waals surface area contributed by atoms with Crippen LogP contribution in [0.25, 0.3) is 0 Å². The molecule has 1 amide bonds. The molecule has 1 heterocycles. The minimum atomic E-state index is -0.0804. The van der Waals surface area contributed by atoms with Gasteiger partial charge in [0.25, 0.3) is 5.91 Å². The molecule has 1 aromatic rings. The average Bonchev–Trinajstić information content (AvgIpc) is 3.00. The summed E-state index contributed by atoms with van der Waals surface area (Å²) in [6.07, 6.45) is 2.17. The monoisotopic (exact) mass is 222 g/mol. The van der Waals surface area contributed by atoms with Gasteiger partial charge in [-0.2, -0.15) is 5.10 Å². The van der Waals surface area contributed by atoms with Crippen LogP contribution in [0.1, 0.15) is 48.8 Å². The van der Waals surface area contributed by atoms with E-state index in [4.69, 9.17) is 5.73 Å². The molecular weight excluding hydrogens is 204 g/mol. The summed E-state index contributed by atoms with van der Waals surface area (Å²) in [4.78, 5) is 13.8. The summed E-state index contributed by atoms with van der Waals surface area (Å²) in [6.45, 7) is 4.03. The molecule has 1 aromatic heterocycles. The smallest absolute Gasteiger partial charge is 0.276 e. The lowest BCUT2D eigenvalue weighted by Gasteiger charge is -2.14. The Bertz CT molecular complexity index is 406. The summed E-state index contributed by atoms with van der Waals surface area (Å²) < 4.78 is 0. The number of carbonyl (C=O) groups is 1. The maximum atomic E-state index is 12.0. The molecule has 5 nitrogen and oxygen atoms in total. The first-order chi connectivity index (χ1) is 7.52. The van der Waals surface area contributed by atoms with E-state index in [1.54, 1.807) is 4.90 Å². The first-order valence-electron chi connectivity index (χ1n) is 5.63. The highest BCUT2D eigenvalue weighted by molar-refractivity contribution is 5.97. The van der Waals surface area contributed by atoms with Gasteiger partial charge in [-0.05, 0) is 18.8 Å². The molecule has 0 aliphatic heterocycles. The van der Waals surface area contributed by atoms with Gasteiger partial charge in [-0.3, -0.25) is 9.89 Å². The Labute approximate surface area is 95.0 Å². The van der Waals surface area contributed by atoms with Crippen molar-refractivity contribution >= 4 is 11.6 Å². The highest BCUT2D eigenvalue weighted by Gasteiger charge is 2.32. The van der Waals surface area contributed by atoms with Crippen molar-refractivity contribution in [1.82, 2.24) is 15.1 Å². The van der Waals surface area contributed by atoms with Crippen LogP contribution in [0.3, 0.4) is 0 Å². The first-order valence-corrected chi connectivity index (χ1v) is 5.63. The zero-order valence-electron chi connectivity index (χ0n) is 9.95. The minimum absolute atomic E-state index is 0.0804. The maximum absolute atomic E-state index is 12.0. The highest BCUT2D eigenvalue weighted by atomic mass is 16.2. The lowest BCUT2D eigenvalue weighted by Crippen LogP contribution is -2.29. The molecule has 5 heteroatoms. The Hall–Kier alpha value is -1.52. The van der Waals surface area contributed by atoms with E-state index in [1.165, 1.54) is 0 Å². The molecule has 3 N–H and O–H groups in total. The quantitative estimate of drug-likeness (QED) is 0.810. The van der Waals surface area contributed by atoms with Crippen LogP contribution in [-0.4, -0.2) is 34.1 Å². The van der Waals surface area contributed by atoms with Crippen molar-refractivity contribution in [1.29, 1.82) is 0 Å². The third-order valence-corrected chi connectivity index (χ3v) is 3.03. The molecule has 0 spiro atoms. The second-order valence-electron chi connectivity index (χ2n) is 4.70. The lowest BCUT2D eigenvalue weighted by molar-refractivity contribution is 0.0780. The molecule has 1 fully saturated rings. The lowest BCUT2D eigenvalue weighted by atomic mass is 10.1. The van der Waals surface area contributed by atoms with Crippen LogP contribution in [0.5, 0.6) is 0 Å². The Morgan fingerprint density at radius 1 is 1.56 bits per heavy atom. The molecule has 16 heavy (non-hydrogen) atoms. The van der Waals surface area contributed by atoms with Crippen molar-refractivity contribution in [2.24, 2.45) is 0 Å². The van der Waals surface area contributed by atoms with Gasteiger partial charge in [0.1, 0.15) is 0 Å². The fraction of sp³-hybridized carbons (Fsp3) is 0.636. The molecule has 1 aliphatic rings. The number of nitrogens with two attached hydrogens (primary N) is 1. The number of nitrogen functional groups attached to an aromatic ring is 1. The van der Waals surface area contributed by atoms with Gasteiger partial charge in [-0.1, -0.05) is 13.8 Å². The van der Waals surface area contributed by atoms with Gasteiger partial charge in [0.15, 0.2) is 5.69 Å². The van der Waals surface area contributed by atoms with Gasteiger partial charge in [-0.25, -0.2) is 0 Å². The Morgan fingerprint density at radius 3 is 2.62 bits per heavy atom. The summed E-state index contributed by atoms with van der Waals surface area (Å²) in [5.74, 6) is 0.170. The molecule has 0 bridgehead atoms. The van der Waals surface area contributed by atoms with E-state index >= 15 is 0 Å². The summed E-state index contributed by atoms with van der Waals surface area (Å²) in [7, 11) is 1.81. The van der Waals surface area contributed by atoms with Crippen LogP contribution in [0.4, 0.5) is 5.69 Å². The predicted octanol–water partition coefficient (Wildman–Crippen LogP) is 1.35. The van der Waals surface area contributed by atoms with Crippen LogP contribution in [0, 0.1) is 0 Å². The molecule has 0 unspecified atom stereocenters. The zero-order valence-corrected chi connectivity index (χ0v) is 9.95. The Balaban J connectivity index is 2.23. The summed E-state index contributed by atoms with van der Waals surface area (Å²) in [5.41, 5.74) is 7.62. The molecule has 88 valence electrons. The molecule has 0 atom stereocenters. The Morgan fingerprint density at radius 2 is 2.19 bits per heavy atom. The number of anilines is 1. The van der Waals surface area contributed by atoms with Crippen LogP contribution in [-0.2, 0) is 0 Å². The maximum Gasteiger partial charge on any atom is 0.276 e. The summed E-state index contributed by atoms with van der Waals surface area (Å²) in [6, 6.07) is 0.381. The third-order valence-electron chi connectivity index (χ3n) is 3.03. The predicted molar refractivity (Wildman–Crippen MR) is 62.2 cm³/mol. The molecule has 2 rings (SSSR count). The topological polar surface area (TPSA) is 75.0 Å². The average molecular weight is 222 g/mol. The third kappa shape index (κ3) is 1.77. The first kappa shape index (κ1) is 11.0. The van der Waals surface area contributed by atoms with Gasteiger partial charge in [-0.15, -0.1) is 0 Å². The van der Waals surface area contributed by atoms with E-state index in [9.17, 15) is 4.79 Å². The number of hydrogen-bond acceptors (Lipinski definition) is 3. The summed E-state index contributed by atoms with van der Waals surface area (Å²) in [5, 5.41) is 6.87. The molecule has 0 saturated heterocycles. The summed E-state index contributed by atoms with van der Waals surface area (Å²) >= 11 is 0. The number of nitrogens with one attached hydrogen (secondary N) is 1. The number of rotatable bonds is 3. The molecule has 1 aliphatic carbocycles. The number of carbonyl (C=O) groups excluding carboxylic acids is 1. The van der Waals surface area contributed by atoms with E-state index < -0.39 is 0 Å². The largest absolute Gasteiger partial charge is 0.395 e. The van der Waals surface area contributed by atoms with Gasteiger partial charge in [0.05, 0.1) is 11.4 Å². The number of amides is 1. The molecule has 0 radical (unpaired) electrons. The second-order valence-corrected chi connectivity index (χ2v) is 4.70. The highest BCUT2D eigenvalue weighted by Crippen LogP contribution is 2.29. The number of aromatic nitrogens is 2. The second kappa shape index (κ2) is 3.81. The SMILES string of the molecule is CC(C)c1[nH]nc(C(=O)N(C)C2CC2)c1N. The number of hydrogen-bond donors (Lipinski definition) is 2. The van der Waals surface area contributed by atoms with Crippen LogP contribution >= 0.6 is 0 Å². The van der Waals surface area contributed by atoms with Crippen molar-refractivity contribution in [3.05, 3.63) is 11.4 Å². The number of nitrogens with zero attached hydrogens (tertiary/aromatic N) is 2. The van der Waals surface area contributed by atoms with Crippen LogP contribution < -0.4 is 5.73 Å². The van der Waals surface area contributed by atoms with Gasteiger partial charge >= 0.3 is 0 Å². The van der Waals surface area contributed by atoms with Crippen molar-refractivity contribution < 1.29 is 4.79 Å². The molecule has 1 saturated carbocycles.